The molecule has 2 aliphatic rings. The lowest BCUT2D eigenvalue weighted by atomic mass is 9.84. The summed E-state index contributed by atoms with van der Waals surface area (Å²) in [4.78, 5) is 13.9. The summed E-state index contributed by atoms with van der Waals surface area (Å²) in [5, 5.41) is 5.25. The Hall–Kier alpha value is -2.01. The molecule has 2 heterocycles. The fourth-order valence-electron chi connectivity index (χ4n) is 3.53. The average molecular weight is 329 g/mol. The SMILES string of the molecule is O=C(NCC1(c2cccs2)CCCC1)c1ccc2c(c1)OCO2. The van der Waals surface area contributed by atoms with Crippen LogP contribution in [0.1, 0.15) is 40.9 Å². The van der Waals surface area contributed by atoms with Crippen molar-refractivity contribution in [1.29, 1.82) is 0 Å². The van der Waals surface area contributed by atoms with Crippen molar-refractivity contribution < 1.29 is 14.3 Å². The predicted molar refractivity (Wildman–Crippen MR) is 89.4 cm³/mol. The topological polar surface area (TPSA) is 47.6 Å². The Morgan fingerprint density at radius 1 is 1.17 bits per heavy atom. The van der Waals surface area contributed by atoms with Crippen LogP contribution in [-0.2, 0) is 5.41 Å². The van der Waals surface area contributed by atoms with E-state index >= 15 is 0 Å². The van der Waals surface area contributed by atoms with Gasteiger partial charge in [0.25, 0.3) is 5.91 Å². The largest absolute Gasteiger partial charge is 0.454 e. The molecule has 4 nitrogen and oxygen atoms in total. The van der Waals surface area contributed by atoms with Gasteiger partial charge in [-0.1, -0.05) is 18.9 Å². The van der Waals surface area contributed by atoms with Gasteiger partial charge in [0.1, 0.15) is 0 Å². The molecule has 4 rings (SSSR count). The first-order valence-electron chi connectivity index (χ1n) is 7.99. The highest BCUT2D eigenvalue weighted by Crippen LogP contribution is 2.42. The lowest BCUT2D eigenvalue weighted by molar-refractivity contribution is 0.0943. The third kappa shape index (κ3) is 2.70. The van der Waals surface area contributed by atoms with Crippen LogP contribution in [0.5, 0.6) is 11.5 Å². The van der Waals surface area contributed by atoms with Crippen LogP contribution >= 0.6 is 11.3 Å². The first-order valence-corrected chi connectivity index (χ1v) is 8.87. The summed E-state index contributed by atoms with van der Waals surface area (Å²) in [6.45, 7) is 0.919. The van der Waals surface area contributed by atoms with Gasteiger partial charge in [-0.2, -0.15) is 0 Å². The molecule has 1 aromatic carbocycles. The molecule has 1 aliphatic heterocycles. The summed E-state index contributed by atoms with van der Waals surface area (Å²) in [7, 11) is 0. The zero-order chi connectivity index (χ0) is 15.7. The molecule has 120 valence electrons. The molecule has 0 bridgehead atoms. The van der Waals surface area contributed by atoms with Crippen molar-refractivity contribution in [2.45, 2.75) is 31.1 Å². The van der Waals surface area contributed by atoms with Crippen molar-refractivity contribution in [3.8, 4) is 11.5 Å². The third-order valence-electron chi connectivity index (χ3n) is 4.83. The Morgan fingerprint density at radius 2 is 2.00 bits per heavy atom. The number of rotatable bonds is 4. The average Bonchev–Trinajstić information content (AvgIpc) is 3.33. The molecule has 5 heteroatoms. The Balaban J connectivity index is 1.48. The van der Waals surface area contributed by atoms with E-state index in [1.165, 1.54) is 17.7 Å². The first-order chi connectivity index (χ1) is 11.3. The van der Waals surface area contributed by atoms with E-state index in [2.05, 4.69) is 22.8 Å². The molecule has 0 unspecified atom stereocenters. The van der Waals surface area contributed by atoms with E-state index in [1.54, 1.807) is 29.5 Å². The van der Waals surface area contributed by atoms with E-state index in [4.69, 9.17) is 9.47 Å². The van der Waals surface area contributed by atoms with Gasteiger partial charge in [-0.15, -0.1) is 11.3 Å². The van der Waals surface area contributed by atoms with Crippen LogP contribution in [0.4, 0.5) is 0 Å². The van der Waals surface area contributed by atoms with Gasteiger partial charge in [-0.25, -0.2) is 0 Å². The fraction of sp³-hybridized carbons (Fsp3) is 0.389. The van der Waals surface area contributed by atoms with Crippen molar-refractivity contribution in [1.82, 2.24) is 5.32 Å². The quantitative estimate of drug-likeness (QED) is 0.930. The van der Waals surface area contributed by atoms with Gasteiger partial charge in [0.2, 0.25) is 6.79 Å². The van der Waals surface area contributed by atoms with Crippen LogP contribution in [0.25, 0.3) is 0 Å². The third-order valence-corrected chi connectivity index (χ3v) is 5.94. The number of ether oxygens (including phenoxy) is 2. The lowest BCUT2D eigenvalue weighted by Gasteiger charge is -2.28. The molecular weight excluding hydrogens is 310 g/mol. The van der Waals surface area contributed by atoms with Crippen molar-refractivity contribution >= 4 is 17.2 Å². The van der Waals surface area contributed by atoms with Crippen molar-refractivity contribution in [2.75, 3.05) is 13.3 Å². The van der Waals surface area contributed by atoms with Crippen LogP contribution in [0.15, 0.2) is 35.7 Å². The molecule has 1 aromatic heterocycles. The van der Waals surface area contributed by atoms with Gasteiger partial charge in [0, 0.05) is 22.4 Å². The molecule has 0 radical (unpaired) electrons. The standard InChI is InChI=1S/C18H19NO3S/c20-17(13-5-6-14-15(10-13)22-12-21-14)19-11-18(7-1-2-8-18)16-4-3-9-23-16/h3-6,9-10H,1-2,7-8,11-12H2,(H,19,20). The number of thiophene rings is 1. The minimum atomic E-state index is -0.0499. The predicted octanol–water partition coefficient (Wildman–Crippen LogP) is 3.72. The maximum absolute atomic E-state index is 12.5. The van der Waals surface area contributed by atoms with Crippen molar-refractivity contribution in [2.24, 2.45) is 0 Å². The molecule has 0 atom stereocenters. The Labute approximate surface area is 139 Å². The molecule has 1 saturated carbocycles. The van der Waals surface area contributed by atoms with Gasteiger partial charge in [-0.3, -0.25) is 4.79 Å². The summed E-state index contributed by atoms with van der Waals surface area (Å²) < 4.78 is 10.6. The summed E-state index contributed by atoms with van der Waals surface area (Å²) >= 11 is 1.79. The van der Waals surface area contributed by atoms with Gasteiger partial charge in [0.05, 0.1) is 0 Å². The highest BCUT2D eigenvalue weighted by atomic mass is 32.1. The molecule has 1 fully saturated rings. The molecule has 1 N–H and O–H groups in total. The normalized spacial score (nSPS) is 18.1. The highest BCUT2D eigenvalue weighted by molar-refractivity contribution is 7.10. The van der Waals surface area contributed by atoms with E-state index in [0.29, 0.717) is 23.6 Å². The second-order valence-corrected chi connectivity index (χ2v) is 7.16. The molecule has 1 amide bonds. The number of fused-ring (bicyclic) bond motifs is 1. The van der Waals surface area contributed by atoms with Gasteiger partial charge >= 0.3 is 0 Å². The van der Waals surface area contributed by atoms with Crippen LogP contribution in [0.2, 0.25) is 0 Å². The molecular formula is C18H19NO3S. The zero-order valence-corrected chi connectivity index (χ0v) is 13.7. The number of benzene rings is 1. The number of hydrogen-bond acceptors (Lipinski definition) is 4. The van der Waals surface area contributed by atoms with E-state index in [-0.39, 0.29) is 18.1 Å². The number of amides is 1. The van der Waals surface area contributed by atoms with E-state index in [0.717, 1.165) is 12.8 Å². The highest BCUT2D eigenvalue weighted by Gasteiger charge is 2.36. The van der Waals surface area contributed by atoms with Crippen LogP contribution < -0.4 is 14.8 Å². The molecule has 0 spiro atoms. The maximum Gasteiger partial charge on any atom is 0.251 e. The first kappa shape index (κ1) is 14.6. The summed E-state index contributed by atoms with van der Waals surface area (Å²) in [5.41, 5.74) is 0.730. The van der Waals surface area contributed by atoms with Crippen LogP contribution in [-0.4, -0.2) is 19.2 Å². The van der Waals surface area contributed by atoms with Gasteiger partial charge in [-0.05, 0) is 42.5 Å². The molecule has 1 aliphatic carbocycles. The fourth-order valence-corrected chi connectivity index (χ4v) is 4.52. The monoisotopic (exact) mass is 329 g/mol. The van der Waals surface area contributed by atoms with Crippen molar-refractivity contribution in [3.05, 3.63) is 46.2 Å². The maximum atomic E-state index is 12.5. The zero-order valence-electron chi connectivity index (χ0n) is 12.8. The smallest absolute Gasteiger partial charge is 0.251 e. The van der Waals surface area contributed by atoms with Gasteiger partial charge < -0.3 is 14.8 Å². The minimum Gasteiger partial charge on any atom is -0.454 e. The van der Waals surface area contributed by atoms with E-state index < -0.39 is 0 Å². The second kappa shape index (κ2) is 5.89. The van der Waals surface area contributed by atoms with Crippen LogP contribution in [0.3, 0.4) is 0 Å². The Kier molecular flexibility index (Phi) is 3.73. The summed E-state index contributed by atoms with van der Waals surface area (Å²) in [5.74, 6) is 1.30. The summed E-state index contributed by atoms with van der Waals surface area (Å²) in [6.07, 6.45) is 4.76. The summed E-state index contributed by atoms with van der Waals surface area (Å²) in [6, 6.07) is 9.63. The molecule has 0 saturated heterocycles. The molecule has 23 heavy (non-hydrogen) atoms. The Morgan fingerprint density at radius 3 is 2.78 bits per heavy atom. The number of nitrogens with one attached hydrogen (secondary N) is 1. The number of carbonyl (C=O) groups excluding carboxylic acids is 1. The lowest BCUT2D eigenvalue weighted by Crippen LogP contribution is -2.38. The van der Waals surface area contributed by atoms with E-state index in [1.807, 2.05) is 0 Å². The molecule has 2 aromatic rings. The van der Waals surface area contributed by atoms with Crippen LogP contribution in [0, 0.1) is 0 Å². The van der Waals surface area contributed by atoms with Crippen molar-refractivity contribution in [3.63, 3.8) is 0 Å². The Bertz CT molecular complexity index is 705. The number of carbonyl (C=O) groups is 1. The van der Waals surface area contributed by atoms with E-state index in [9.17, 15) is 4.79 Å². The van der Waals surface area contributed by atoms with Gasteiger partial charge in [0.15, 0.2) is 11.5 Å². The second-order valence-electron chi connectivity index (χ2n) is 6.22. The number of hydrogen-bond donors (Lipinski definition) is 1. The minimum absolute atomic E-state index is 0.0499.